The Labute approximate surface area is 122 Å². The van der Waals surface area contributed by atoms with E-state index in [1.165, 1.54) is 6.21 Å². The lowest BCUT2D eigenvalue weighted by molar-refractivity contribution is 0.0950. The van der Waals surface area contributed by atoms with Crippen molar-refractivity contribution in [3.05, 3.63) is 53.9 Å². The Balaban J connectivity index is 2.06. The number of rotatable bonds is 5. The molecule has 1 aromatic heterocycles. The number of methoxy groups -OCH3 is 2. The number of pyridine rings is 1. The maximum atomic E-state index is 11.8. The van der Waals surface area contributed by atoms with Crippen molar-refractivity contribution in [2.75, 3.05) is 14.2 Å². The molecule has 2 rings (SSSR count). The summed E-state index contributed by atoms with van der Waals surface area (Å²) in [5.74, 6) is 0.908. The number of ether oxygens (including phenoxy) is 2. The molecule has 0 bridgehead atoms. The molecule has 21 heavy (non-hydrogen) atoms. The van der Waals surface area contributed by atoms with Gasteiger partial charge in [0.25, 0.3) is 5.91 Å². The van der Waals surface area contributed by atoms with Crippen LogP contribution in [0.15, 0.2) is 47.7 Å². The van der Waals surface area contributed by atoms with Gasteiger partial charge in [-0.3, -0.25) is 9.78 Å². The molecule has 0 atom stereocenters. The topological polar surface area (TPSA) is 72.8 Å². The summed E-state index contributed by atoms with van der Waals surface area (Å²) >= 11 is 0. The molecular formula is C15H15N3O3. The van der Waals surface area contributed by atoms with Gasteiger partial charge in [-0.15, -0.1) is 0 Å². The highest BCUT2D eigenvalue weighted by atomic mass is 16.5. The third-order valence-electron chi connectivity index (χ3n) is 2.71. The van der Waals surface area contributed by atoms with Crippen LogP contribution in [0.5, 0.6) is 11.5 Å². The monoisotopic (exact) mass is 285 g/mol. The smallest absolute Gasteiger partial charge is 0.289 e. The average Bonchev–Trinajstić information content (AvgIpc) is 2.55. The second-order valence-electron chi connectivity index (χ2n) is 4.02. The lowest BCUT2D eigenvalue weighted by atomic mass is 10.2. The van der Waals surface area contributed by atoms with Crippen LogP contribution in [0.25, 0.3) is 0 Å². The zero-order chi connectivity index (χ0) is 15.1. The molecule has 0 saturated heterocycles. The third kappa shape index (κ3) is 3.79. The summed E-state index contributed by atoms with van der Waals surface area (Å²) in [6, 6.07) is 10.4. The first-order valence-corrected chi connectivity index (χ1v) is 6.21. The molecule has 1 amide bonds. The van der Waals surface area contributed by atoms with Crippen LogP contribution in [0.1, 0.15) is 16.1 Å². The summed E-state index contributed by atoms with van der Waals surface area (Å²) in [5.41, 5.74) is 3.43. The van der Waals surface area contributed by atoms with E-state index in [0.717, 1.165) is 5.56 Å². The zero-order valence-electron chi connectivity index (χ0n) is 11.7. The van der Waals surface area contributed by atoms with Gasteiger partial charge in [-0.2, -0.15) is 5.10 Å². The number of nitrogens with zero attached hydrogens (tertiary/aromatic N) is 2. The molecule has 0 radical (unpaired) electrons. The summed E-state index contributed by atoms with van der Waals surface area (Å²) < 4.78 is 10.3. The van der Waals surface area contributed by atoms with Crippen molar-refractivity contribution >= 4 is 12.1 Å². The van der Waals surface area contributed by atoms with Gasteiger partial charge in [0.15, 0.2) is 0 Å². The highest BCUT2D eigenvalue weighted by Gasteiger charge is 2.05. The summed E-state index contributed by atoms with van der Waals surface area (Å²) in [6.07, 6.45) is 3.05. The summed E-state index contributed by atoms with van der Waals surface area (Å²) in [6.45, 7) is 0. The number of carbonyl (C=O) groups excluding carboxylic acids is 1. The second-order valence-corrected chi connectivity index (χ2v) is 4.02. The molecule has 0 saturated carbocycles. The number of carbonyl (C=O) groups is 1. The first-order chi connectivity index (χ1) is 10.2. The summed E-state index contributed by atoms with van der Waals surface area (Å²) in [5, 5.41) is 3.90. The van der Waals surface area contributed by atoms with E-state index in [0.29, 0.717) is 17.2 Å². The van der Waals surface area contributed by atoms with Crippen molar-refractivity contribution in [1.29, 1.82) is 0 Å². The van der Waals surface area contributed by atoms with Crippen molar-refractivity contribution in [2.24, 2.45) is 5.10 Å². The van der Waals surface area contributed by atoms with Crippen LogP contribution in [0.3, 0.4) is 0 Å². The SMILES string of the molecule is COc1ccc(/C=N\NC(=O)c2ccccn2)c(OC)c1. The highest BCUT2D eigenvalue weighted by Crippen LogP contribution is 2.22. The van der Waals surface area contributed by atoms with E-state index >= 15 is 0 Å². The fourth-order valence-corrected chi connectivity index (χ4v) is 1.64. The van der Waals surface area contributed by atoms with Crippen molar-refractivity contribution < 1.29 is 14.3 Å². The minimum Gasteiger partial charge on any atom is -0.497 e. The minimum atomic E-state index is -0.376. The van der Waals surface area contributed by atoms with Gasteiger partial charge in [-0.05, 0) is 24.3 Å². The second kappa shape index (κ2) is 7.04. The molecule has 2 aromatic rings. The van der Waals surface area contributed by atoms with Gasteiger partial charge in [0.2, 0.25) is 0 Å². The van der Waals surface area contributed by atoms with Crippen molar-refractivity contribution in [3.8, 4) is 11.5 Å². The number of hydrogen-bond acceptors (Lipinski definition) is 5. The minimum absolute atomic E-state index is 0.302. The molecule has 0 unspecified atom stereocenters. The maximum Gasteiger partial charge on any atom is 0.289 e. The average molecular weight is 285 g/mol. The Hall–Kier alpha value is -2.89. The molecule has 6 heteroatoms. The summed E-state index contributed by atoms with van der Waals surface area (Å²) in [4.78, 5) is 15.7. The molecule has 0 aliphatic rings. The van der Waals surface area contributed by atoms with Crippen LogP contribution >= 0.6 is 0 Å². The number of hydrogen-bond donors (Lipinski definition) is 1. The number of hydrazone groups is 1. The first kappa shape index (κ1) is 14.5. The highest BCUT2D eigenvalue weighted by molar-refractivity contribution is 5.93. The van der Waals surface area contributed by atoms with E-state index in [1.54, 1.807) is 56.8 Å². The lowest BCUT2D eigenvalue weighted by Crippen LogP contribution is -2.18. The maximum absolute atomic E-state index is 11.8. The lowest BCUT2D eigenvalue weighted by Gasteiger charge is -2.06. The van der Waals surface area contributed by atoms with E-state index in [9.17, 15) is 4.79 Å². The zero-order valence-corrected chi connectivity index (χ0v) is 11.7. The number of nitrogens with one attached hydrogen (secondary N) is 1. The van der Waals surface area contributed by atoms with Gasteiger partial charge in [-0.25, -0.2) is 5.43 Å². The van der Waals surface area contributed by atoms with Crippen LogP contribution in [-0.4, -0.2) is 31.3 Å². The van der Waals surface area contributed by atoms with Crippen molar-refractivity contribution in [3.63, 3.8) is 0 Å². The van der Waals surface area contributed by atoms with Gasteiger partial charge in [0, 0.05) is 17.8 Å². The van der Waals surface area contributed by atoms with Crippen LogP contribution in [0.4, 0.5) is 0 Å². The molecule has 0 aliphatic heterocycles. The van der Waals surface area contributed by atoms with E-state index in [2.05, 4.69) is 15.5 Å². The Morgan fingerprint density at radius 2 is 2.10 bits per heavy atom. The Morgan fingerprint density at radius 3 is 2.76 bits per heavy atom. The quantitative estimate of drug-likeness (QED) is 0.672. The molecule has 1 aromatic carbocycles. The van der Waals surface area contributed by atoms with Crippen LogP contribution < -0.4 is 14.9 Å². The van der Waals surface area contributed by atoms with Crippen molar-refractivity contribution in [2.45, 2.75) is 0 Å². The molecule has 0 spiro atoms. The van der Waals surface area contributed by atoms with Crippen LogP contribution in [0.2, 0.25) is 0 Å². The van der Waals surface area contributed by atoms with Gasteiger partial charge in [0.1, 0.15) is 17.2 Å². The van der Waals surface area contributed by atoms with Gasteiger partial charge < -0.3 is 9.47 Å². The van der Waals surface area contributed by atoms with Gasteiger partial charge in [0.05, 0.1) is 20.4 Å². The molecular weight excluding hydrogens is 270 g/mol. The van der Waals surface area contributed by atoms with Gasteiger partial charge >= 0.3 is 0 Å². The van der Waals surface area contributed by atoms with E-state index in [4.69, 9.17) is 9.47 Å². The Kier molecular flexibility index (Phi) is 4.87. The molecule has 1 heterocycles. The van der Waals surface area contributed by atoms with Crippen molar-refractivity contribution in [1.82, 2.24) is 10.4 Å². The molecule has 108 valence electrons. The van der Waals surface area contributed by atoms with E-state index < -0.39 is 0 Å². The van der Waals surface area contributed by atoms with Crippen LogP contribution in [0, 0.1) is 0 Å². The molecule has 0 fully saturated rings. The molecule has 1 N–H and O–H groups in total. The standard InChI is InChI=1S/C15H15N3O3/c1-20-12-7-6-11(14(9-12)21-2)10-17-18-15(19)13-5-3-4-8-16-13/h3-10H,1-2H3,(H,18,19)/b17-10-. The third-order valence-corrected chi connectivity index (χ3v) is 2.71. The predicted octanol–water partition coefficient (Wildman–Crippen LogP) is 1.86. The normalized spacial score (nSPS) is 10.4. The largest absolute Gasteiger partial charge is 0.497 e. The number of amides is 1. The Morgan fingerprint density at radius 1 is 1.24 bits per heavy atom. The van der Waals surface area contributed by atoms with Crippen LogP contribution in [-0.2, 0) is 0 Å². The first-order valence-electron chi connectivity index (χ1n) is 6.21. The molecule has 6 nitrogen and oxygen atoms in total. The fourth-order valence-electron chi connectivity index (χ4n) is 1.64. The number of benzene rings is 1. The molecule has 0 aliphatic carbocycles. The number of aromatic nitrogens is 1. The Bertz CT molecular complexity index is 642. The summed E-state index contributed by atoms with van der Waals surface area (Å²) in [7, 11) is 3.13. The van der Waals surface area contributed by atoms with Gasteiger partial charge in [-0.1, -0.05) is 6.07 Å². The predicted molar refractivity (Wildman–Crippen MR) is 78.8 cm³/mol. The van der Waals surface area contributed by atoms with E-state index in [-0.39, 0.29) is 5.91 Å². The van der Waals surface area contributed by atoms with E-state index in [1.807, 2.05) is 0 Å². The fraction of sp³-hybridized carbons (Fsp3) is 0.133.